The average molecular weight is 299 g/mol. The first-order chi connectivity index (χ1) is 8.16. The highest BCUT2D eigenvalue weighted by molar-refractivity contribution is 9.10. The van der Waals surface area contributed by atoms with Crippen LogP contribution >= 0.6 is 15.9 Å². The number of anilines is 1. The summed E-state index contributed by atoms with van der Waals surface area (Å²) >= 11 is 3.20. The van der Waals surface area contributed by atoms with Crippen molar-refractivity contribution in [2.75, 3.05) is 5.32 Å². The van der Waals surface area contributed by atoms with Gasteiger partial charge in [-0.2, -0.15) is 5.10 Å². The number of halogens is 1. The lowest BCUT2D eigenvalue weighted by molar-refractivity contribution is -0.385. The summed E-state index contributed by atoms with van der Waals surface area (Å²) in [5.74, 6) is 1.16. The standard InChI is InChI=1S/C8H7BrN6O2/c9-6-1-5(15(16)17)2-10-8(6)11-3-7-12-4-13-14-7/h1-2,4H,3H2,(H,10,11)(H,12,13,14). The van der Waals surface area contributed by atoms with Gasteiger partial charge in [-0.3, -0.25) is 15.2 Å². The first-order valence-electron chi connectivity index (χ1n) is 4.55. The zero-order valence-corrected chi connectivity index (χ0v) is 10.0. The third-order valence-electron chi connectivity index (χ3n) is 1.93. The highest BCUT2D eigenvalue weighted by Gasteiger charge is 2.10. The van der Waals surface area contributed by atoms with Crippen molar-refractivity contribution in [2.45, 2.75) is 6.54 Å². The Morgan fingerprint density at radius 3 is 2.94 bits per heavy atom. The first-order valence-corrected chi connectivity index (χ1v) is 5.34. The fraction of sp³-hybridized carbons (Fsp3) is 0.125. The molecule has 0 unspecified atom stereocenters. The number of rotatable bonds is 4. The molecule has 2 heterocycles. The number of aromatic nitrogens is 4. The molecule has 0 aliphatic carbocycles. The molecule has 0 aromatic carbocycles. The SMILES string of the molecule is O=[N+]([O-])c1cnc(NCc2ncn[nH]2)c(Br)c1. The molecule has 0 amide bonds. The van der Waals surface area contributed by atoms with Crippen LogP contribution in [0.5, 0.6) is 0 Å². The molecule has 0 aliphatic heterocycles. The van der Waals surface area contributed by atoms with Gasteiger partial charge >= 0.3 is 0 Å². The summed E-state index contributed by atoms with van der Waals surface area (Å²) in [5.41, 5.74) is -0.0675. The summed E-state index contributed by atoms with van der Waals surface area (Å²) in [6.07, 6.45) is 2.59. The van der Waals surface area contributed by atoms with Gasteiger partial charge in [0.1, 0.15) is 24.2 Å². The molecule has 88 valence electrons. The van der Waals surface area contributed by atoms with Gasteiger partial charge in [-0.25, -0.2) is 9.97 Å². The Balaban J connectivity index is 2.09. The van der Waals surface area contributed by atoms with Gasteiger partial charge in [-0.1, -0.05) is 0 Å². The van der Waals surface area contributed by atoms with Gasteiger partial charge in [0, 0.05) is 6.07 Å². The maximum Gasteiger partial charge on any atom is 0.288 e. The van der Waals surface area contributed by atoms with E-state index >= 15 is 0 Å². The Morgan fingerprint density at radius 1 is 1.53 bits per heavy atom. The van der Waals surface area contributed by atoms with Crippen molar-refractivity contribution in [1.82, 2.24) is 20.2 Å². The fourth-order valence-corrected chi connectivity index (χ4v) is 1.62. The van der Waals surface area contributed by atoms with E-state index < -0.39 is 4.92 Å². The topological polar surface area (TPSA) is 110 Å². The predicted octanol–water partition coefficient (Wildman–Crippen LogP) is 1.48. The number of aromatic amines is 1. The molecule has 0 bridgehead atoms. The first kappa shape index (κ1) is 11.5. The molecule has 17 heavy (non-hydrogen) atoms. The number of hydrogen-bond acceptors (Lipinski definition) is 6. The Bertz CT molecular complexity index is 529. The number of pyridine rings is 1. The summed E-state index contributed by atoms with van der Waals surface area (Å²) in [7, 11) is 0. The highest BCUT2D eigenvalue weighted by atomic mass is 79.9. The van der Waals surface area contributed by atoms with Crippen molar-refractivity contribution in [1.29, 1.82) is 0 Å². The van der Waals surface area contributed by atoms with E-state index in [4.69, 9.17) is 0 Å². The van der Waals surface area contributed by atoms with Crippen molar-refractivity contribution in [3.05, 3.63) is 39.0 Å². The third-order valence-corrected chi connectivity index (χ3v) is 2.53. The van der Waals surface area contributed by atoms with E-state index in [0.29, 0.717) is 22.7 Å². The van der Waals surface area contributed by atoms with Gasteiger partial charge in [0.2, 0.25) is 0 Å². The molecule has 2 aromatic heterocycles. The van der Waals surface area contributed by atoms with Crippen LogP contribution < -0.4 is 5.32 Å². The van der Waals surface area contributed by atoms with E-state index in [1.807, 2.05) is 0 Å². The van der Waals surface area contributed by atoms with Gasteiger partial charge in [-0.15, -0.1) is 0 Å². The average Bonchev–Trinajstić information content (AvgIpc) is 2.80. The van der Waals surface area contributed by atoms with E-state index in [2.05, 4.69) is 41.4 Å². The van der Waals surface area contributed by atoms with Gasteiger partial charge in [0.25, 0.3) is 5.69 Å². The molecule has 0 aliphatic rings. The minimum atomic E-state index is -0.502. The summed E-state index contributed by atoms with van der Waals surface area (Å²) < 4.78 is 0.520. The summed E-state index contributed by atoms with van der Waals surface area (Å²) in [6.45, 7) is 0.406. The quantitative estimate of drug-likeness (QED) is 0.653. The minimum Gasteiger partial charge on any atom is -0.362 e. The van der Waals surface area contributed by atoms with Crippen LogP contribution in [0.1, 0.15) is 5.82 Å². The molecule has 0 atom stereocenters. The van der Waals surface area contributed by atoms with Gasteiger partial charge < -0.3 is 5.32 Å². The fourth-order valence-electron chi connectivity index (χ4n) is 1.14. The molecule has 0 radical (unpaired) electrons. The smallest absolute Gasteiger partial charge is 0.288 e. The van der Waals surface area contributed by atoms with Crippen LogP contribution in [0.25, 0.3) is 0 Å². The van der Waals surface area contributed by atoms with Crippen molar-refractivity contribution in [2.24, 2.45) is 0 Å². The minimum absolute atomic E-state index is 0.0675. The lowest BCUT2D eigenvalue weighted by Gasteiger charge is -2.04. The molecular formula is C8H7BrN6O2. The van der Waals surface area contributed by atoms with E-state index in [1.54, 1.807) is 0 Å². The molecule has 2 N–H and O–H groups in total. The Kier molecular flexibility index (Phi) is 3.28. The second kappa shape index (κ2) is 4.87. The van der Waals surface area contributed by atoms with Crippen molar-refractivity contribution in [3.8, 4) is 0 Å². The highest BCUT2D eigenvalue weighted by Crippen LogP contribution is 2.24. The lowest BCUT2D eigenvalue weighted by Crippen LogP contribution is -2.04. The molecule has 0 spiro atoms. The molecular weight excluding hydrogens is 292 g/mol. The summed E-state index contributed by atoms with van der Waals surface area (Å²) in [5, 5.41) is 19.9. The van der Waals surface area contributed by atoms with Crippen LogP contribution in [0.4, 0.5) is 11.5 Å². The Hall–Kier alpha value is -2.03. The Labute approximate surface area is 104 Å². The van der Waals surface area contributed by atoms with Gasteiger partial charge in [-0.05, 0) is 15.9 Å². The van der Waals surface area contributed by atoms with E-state index in [0.717, 1.165) is 0 Å². The molecule has 0 saturated carbocycles. The molecule has 8 nitrogen and oxygen atoms in total. The van der Waals surface area contributed by atoms with Crippen LogP contribution in [-0.2, 0) is 6.54 Å². The number of H-pyrrole nitrogens is 1. The zero-order valence-electron chi connectivity index (χ0n) is 8.42. The van der Waals surface area contributed by atoms with E-state index in [-0.39, 0.29) is 5.69 Å². The van der Waals surface area contributed by atoms with Crippen LogP contribution in [0, 0.1) is 10.1 Å². The van der Waals surface area contributed by atoms with Crippen molar-refractivity contribution >= 4 is 27.4 Å². The van der Waals surface area contributed by atoms with E-state index in [9.17, 15) is 10.1 Å². The van der Waals surface area contributed by atoms with Gasteiger partial charge in [0.15, 0.2) is 0 Å². The van der Waals surface area contributed by atoms with Crippen molar-refractivity contribution in [3.63, 3.8) is 0 Å². The maximum absolute atomic E-state index is 10.5. The monoisotopic (exact) mass is 298 g/mol. The van der Waals surface area contributed by atoms with Crippen LogP contribution in [0.15, 0.2) is 23.1 Å². The molecule has 2 aromatic rings. The summed E-state index contributed by atoms with van der Waals surface area (Å²) in [6, 6.07) is 1.38. The number of nitro groups is 1. The molecule has 9 heteroatoms. The number of hydrogen-bond donors (Lipinski definition) is 2. The second-order valence-electron chi connectivity index (χ2n) is 3.07. The number of nitrogens with zero attached hydrogens (tertiary/aromatic N) is 4. The van der Waals surface area contributed by atoms with Crippen LogP contribution in [0.3, 0.4) is 0 Å². The zero-order chi connectivity index (χ0) is 12.3. The Morgan fingerprint density at radius 2 is 2.35 bits per heavy atom. The predicted molar refractivity (Wildman–Crippen MR) is 62.3 cm³/mol. The lowest BCUT2D eigenvalue weighted by atomic mass is 10.4. The number of nitrogens with one attached hydrogen (secondary N) is 2. The van der Waals surface area contributed by atoms with Crippen LogP contribution in [0.2, 0.25) is 0 Å². The van der Waals surface area contributed by atoms with E-state index in [1.165, 1.54) is 18.6 Å². The normalized spacial score (nSPS) is 10.2. The molecule has 2 rings (SSSR count). The van der Waals surface area contributed by atoms with Crippen molar-refractivity contribution < 1.29 is 4.92 Å². The summed E-state index contributed by atoms with van der Waals surface area (Å²) in [4.78, 5) is 17.9. The van der Waals surface area contributed by atoms with Gasteiger partial charge in [0.05, 0.1) is 15.9 Å². The largest absolute Gasteiger partial charge is 0.362 e. The third kappa shape index (κ3) is 2.75. The van der Waals surface area contributed by atoms with Crippen LogP contribution in [-0.4, -0.2) is 25.1 Å². The molecule has 0 saturated heterocycles. The molecule has 0 fully saturated rings. The maximum atomic E-state index is 10.5. The second-order valence-corrected chi connectivity index (χ2v) is 3.92.